The smallest absolute Gasteiger partial charge is 0.222 e. The van der Waals surface area contributed by atoms with E-state index in [0.29, 0.717) is 18.0 Å². The zero-order valence-electron chi connectivity index (χ0n) is 15.8. The van der Waals surface area contributed by atoms with Crippen molar-refractivity contribution in [2.24, 2.45) is 5.92 Å². The number of rotatable bonds is 6. The second-order valence-electron chi connectivity index (χ2n) is 8.24. The Balaban J connectivity index is 2.35. The van der Waals surface area contributed by atoms with E-state index in [-0.39, 0.29) is 18.0 Å². The lowest BCUT2D eigenvalue weighted by Gasteiger charge is -2.56. The van der Waals surface area contributed by atoms with Crippen LogP contribution in [-0.2, 0) is 4.79 Å². The monoisotopic (exact) mass is 336 g/mol. The first kappa shape index (κ1) is 18.3. The Morgan fingerprint density at radius 3 is 2.09 bits per heavy atom. The topological polar surface area (TPSA) is 36.7 Å². The van der Waals surface area contributed by atoms with Crippen LogP contribution in [0.5, 0.6) is 0 Å². The fraction of sp³-hybridized carbons (Fsp3) is 0.722. The molecule has 1 saturated heterocycles. The van der Waals surface area contributed by atoms with Crippen molar-refractivity contribution in [3.05, 3.63) is 24.2 Å². The van der Waals surface area contributed by atoms with Crippen LogP contribution in [0.3, 0.4) is 0 Å². The van der Waals surface area contributed by atoms with E-state index < -0.39 is 8.24 Å². The lowest BCUT2D eigenvalue weighted by molar-refractivity contribution is -0.155. The Morgan fingerprint density at radius 2 is 1.70 bits per heavy atom. The van der Waals surface area contributed by atoms with Gasteiger partial charge in [-0.25, -0.2) is 0 Å². The molecule has 2 rings (SSSR count). The highest BCUT2D eigenvalue weighted by Crippen LogP contribution is 2.46. The molecule has 5 heteroatoms. The van der Waals surface area contributed by atoms with Crippen LogP contribution >= 0.6 is 0 Å². The van der Waals surface area contributed by atoms with Gasteiger partial charge in [-0.2, -0.15) is 0 Å². The van der Waals surface area contributed by atoms with Crippen molar-refractivity contribution in [3.8, 4) is 0 Å². The number of amides is 1. The quantitative estimate of drug-likeness (QED) is 0.579. The summed E-state index contributed by atoms with van der Waals surface area (Å²) >= 11 is 0. The molecule has 0 spiro atoms. The van der Waals surface area contributed by atoms with Crippen LogP contribution < -0.4 is 0 Å². The summed E-state index contributed by atoms with van der Waals surface area (Å²) in [5.41, 5.74) is 0. The molecule has 0 bridgehead atoms. The maximum atomic E-state index is 13.0. The Hall–Kier alpha value is -1.07. The van der Waals surface area contributed by atoms with E-state index in [2.05, 4.69) is 63.7 Å². The molecule has 0 aromatic carbocycles. The Morgan fingerprint density at radius 1 is 1.13 bits per heavy atom. The zero-order chi connectivity index (χ0) is 17.5. The summed E-state index contributed by atoms with van der Waals surface area (Å²) in [4.78, 5) is 15.4. The number of nitrogens with zero attached hydrogens (tertiary/aromatic N) is 2. The summed E-state index contributed by atoms with van der Waals surface area (Å²) in [7, 11) is -1.73. The standard InChI is InChI=1S/C18H32N2O2Si/c1-12(2)19(13(3)4)14(5)16-17(15-10-9-11-22-15)20(18(16)21)23(6,7)8/h9-14,16-17H,1-8H3/t14-,16-,17+/m0/s1. The van der Waals surface area contributed by atoms with Crippen molar-refractivity contribution < 1.29 is 9.21 Å². The number of carbonyl (C=O) groups is 1. The Labute approximate surface area is 141 Å². The van der Waals surface area contributed by atoms with Gasteiger partial charge in [0.1, 0.15) is 5.76 Å². The first-order valence-electron chi connectivity index (χ1n) is 8.71. The number of carbonyl (C=O) groups excluding carboxylic acids is 1. The van der Waals surface area contributed by atoms with Crippen molar-refractivity contribution >= 4 is 14.1 Å². The van der Waals surface area contributed by atoms with Crippen molar-refractivity contribution in [1.29, 1.82) is 0 Å². The predicted molar refractivity (Wildman–Crippen MR) is 96.7 cm³/mol. The first-order chi connectivity index (χ1) is 10.6. The van der Waals surface area contributed by atoms with E-state index in [1.807, 2.05) is 12.1 Å². The minimum atomic E-state index is -1.73. The molecule has 0 N–H and O–H groups in total. The molecule has 1 aliphatic heterocycles. The molecular weight excluding hydrogens is 304 g/mol. The summed E-state index contributed by atoms with van der Waals surface area (Å²) in [6.07, 6.45) is 1.71. The van der Waals surface area contributed by atoms with E-state index in [4.69, 9.17) is 4.42 Å². The fourth-order valence-electron chi connectivity index (χ4n) is 4.22. The van der Waals surface area contributed by atoms with Gasteiger partial charge in [0, 0.05) is 18.1 Å². The van der Waals surface area contributed by atoms with Gasteiger partial charge in [-0.3, -0.25) is 9.69 Å². The molecule has 1 aromatic heterocycles. The molecule has 1 aromatic rings. The molecule has 4 nitrogen and oxygen atoms in total. The average molecular weight is 337 g/mol. The third kappa shape index (κ3) is 3.26. The molecule has 1 aliphatic rings. The maximum absolute atomic E-state index is 13.0. The van der Waals surface area contributed by atoms with Gasteiger partial charge in [-0.1, -0.05) is 19.6 Å². The lowest BCUT2D eigenvalue weighted by Crippen LogP contribution is -2.69. The van der Waals surface area contributed by atoms with Gasteiger partial charge in [-0.05, 0) is 46.8 Å². The Bertz CT molecular complexity index is 526. The van der Waals surface area contributed by atoms with Gasteiger partial charge in [0.05, 0.1) is 18.2 Å². The minimum absolute atomic E-state index is 0.0160. The molecule has 2 heterocycles. The summed E-state index contributed by atoms with van der Waals surface area (Å²) in [6, 6.07) is 5.04. The molecule has 0 radical (unpaired) electrons. The number of β-lactam (4-membered cyclic amide) rings is 1. The van der Waals surface area contributed by atoms with E-state index >= 15 is 0 Å². The van der Waals surface area contributed by atoms with Gasteiger partial charge in [0.15, 0.2) is 8.24 Å². The normalized spacial score (nSPS) is 23.8. The van der Waals surface area contributed by atoms with E-state index in [1.54, 1.807) is 6.26 Å². The largest absolute Gasteiger partial charge is 0.467 e. The number of hydrogen-bond donors (Lipinski definition) is 0. The molecule has 0 saturated carbocycles. The molecule has 1 amide bonds. The molecular formula is C18H32N2O2Si. The van der Waals surface area contributed by atoms with E-state index in [0.717, 1.165) is 5.76 Å². The number of hydrogen-bond acceptors (Lipinski definition) is 3. The van der Waals surface area contributed by atoms with Gasteiger partial charge >= 0.3 is 0 Å². The van der Waals surface area contributed by atoms with Crippen LogP contribution in [0.4, 0.5) is 0 Å². The SMILES string of the molecule is CC(C)N(C(C)C)[C@@H](C)[C@@H]1C(=O)N([Si](C)(C)C)[C@@H]1c1ccco1. The lowest BCUT2D eigenvalue weighted by atomic mass is 9.81. The average Bonchev–Trinajstić information content (AvgIpc) is 2.85. The van der Waals surface area contributed by atoms with Crippen LogP contribution in [0.15, 0.2) is 22.8 Å². The molecule has 130 valence electrons. The first-order valence-corrected chi connectivity index (χ1v) is 12.2. The summed E-state index contributed by atoms with van der Waals surface area (Å²) < 4.78 is 7.82. The molecule has 0 unspecified atom stereocenters. The second kappa shape index (κ2) is 6.44. The summed E-state index contributed by atoms with van der Waals surface area (Å²) in [5, 5.41) is 0. The Kier molecular flexibility index (Phi) is 5.11. The molecule has 3 atom stereocenters. The van der Waals surface area contributed by atoms with Crippen LogP contribution in [0, 0.1) is 5.92 Å². The van der Waals surface area contributed by atoms with Crippen molar-refractivity contribution in [1.82, 2.24) is 9.47 Å². The number of furan rings is 1. The van der Waals surface area contributed by atoms with Crippen LogP contribution in [0.25, 0.3) is 0 Å². The van der Waals surface area contributed by atoms with Crippen LogP contribution in [0.2, 0.25) is 19.6 Å². The molecule has 23 heavy (non-hydrogen) atoms. The highest BCUT2D eigenvalue weighted by molar-refractivity contribution is 6.76. The van der Waals surface area contributed by atoms with Crippen LogP contribution in [-0.4, -0.2) is 41.7 Å². The van der Waals surface area contributed by atoms with Gasteiger partial charge in [-0.15, -0.1) is 0 Å². The zero-order valence-corrected chi connectivity index (χ0v) is 16.8. The van der Waals surface area contributed by atoms with Crippen LogP contribution in [0.1, 0.15) is 46.4 Å². The van der Waals surface area contributed by atoms with Crippen molar-refractivity contribution in [2.75, 3.05) is 0 Å². The highest BCUT2D eigenvalue weighted by Gasteiger charge is 2.56. The summed E-state index contributed by atoms with van der Waals surface area (Å²) in [5.74, 6) is 1.21. The van der Waals surface area contributed by atoms with Gasteiger partial charge in [0.2, 0.25) is 5.91 Å². The third-order valence-electron chi connectivity index (χ3n) is 4.88. The van der Waals surface area contributed by atoms with Gasteiger partial charge in [0.25, 0.3) is 0 Å². The molecule has 1 fully saturated rings. The van der Waals surface area contributed by atoms with E-state index in [1.165, 1.54) is 0 Å². The van der Waals surface area contributed by atoms with Gasteiger partial charge < -0.3 is 8.98 Å². The second-order valence-corrected chi connectivity index (χ2v) is 13.1. The minimum Gasteiger partial charge on any atom is -0.467 e. The maximum Gasteiger partial charge on any atom is 0.222 e. The molecule has 0 aliphatic carbocycles. The summed E-state index contributed by atoms with van der Waals surface area (Å²) in [6.45, 7) is 17.7. The van der Waals surface area contributed by atoms with E-state index in [9.17, 15) is 4.79 Å². The predicted octanol–water partition coefficient (Wildman–Crippen LogP) is 4.12. The third-order valence-corrected chi connectivity index (χ3v) is 6.82. The highest BCUT2D eigenvalue weighted by atomic mass is 28.3. The van der Waals surface area contributed by atoms with Crippen molar-refractivity contribution in [3.63, 3.8) is 0 Å². The van der Waals surface area contributed by atoms with Crippen molar-refractivity contribution in [2.45, 2.75) is 78.4 Å². The fourth-order valence-corrected chi connectivity index (χ4v) is 6.15.